The van der Waals surface area contributed by atoms with Crippen molar-refractivity contribution >= 4 is 5.91 Å². The zero-order chi connectivity index (χ0) is 25.5. The van der Waals surface area contributed by atoms with E-state index in [4.69, 9.17) is 0 Å². The Kier molecular flexibility index (Phi) is 6.56. The highest BCUT2D eigenvalue weighted by atomic mass is 19.4. The lowest BCUT2D eigenvalue weighted by atomic mass is 9.88. The summed E-state index contributed by atoms with van der Waals surface area (Å²) in [6.07, 6.45) is -7.09. The third kappa shape index (κ3) is 5.60. The molecule has 2 aromatic carbocycles. The topological polar surface area (TPSA) is 46.9 Å². The van der Waals surface area contributed by atoms with Crippen molar-refractivity contribution in [2.24, 2.45) is 5.41 Å². The van der Waals surface area contributed by atoms with Gasteiger partial charge in [-0.25, -0.2) is 4.98 Å². The van der Waals surface area contributed by atoms with Crippen LogP contribution in [-0.2, 0) is 12.4 Å². The molecule has 0 spiro atoms. The second-order valence-electron chi connectivity index (χ2n) is 9.05. The van der Waals surface area contributed by atoms with Crippen LogP contribution in [-0.4, -0.2) is 21.5 Å². The summed E-state index contributed by atoms with van der Waals surface area (Å²) in [5.41, 5.74) is -2.31. The molecule has 0 aliphatic rings. The van der Waals surface area contributed by atoms with Crippen molar-refractivity contribution in [3.63, 3.8) is 0 Å². The minimum atomic E-state index is -4.93. The second-order valence-corrected chi connectivity index (χ2v) is 9.05. The minimum Gasteiger partial charge on any atom is -0.348 e. The van der Waals surface area contributed by atoms with E-state index >= 15 is 0 Å². The fraction of sp³-hybridized carbons (Fsp3) is 0.333. The van der Waals surface area contributed by atoms with Crippen LogP contribution in [0.15, 0.2) is 55.0 Å². The van der Waals surface area contributed by atoms with Gasteiger partial charge in [0.05, 0.1) is 23.7 Å². The standard InChI is InChI=1S/C24H23F6N3O/c1-14(22(2,3)4)32-21(34)20-12-31-13-33(20)19-7-5-15(6-8-19)16-9-17(23(25,26)27)11-18(10-16)24(28,29)30/h5-14H,1-4H3,(H,32,34)/t14-/m1/s1. The van der Waals surface area contributed by atoms with Crippen LogP contribution in [0.3, 0.4) is 0 Å². The Morgan fingerprint density at radius 3 is 1.88 bits per heavy atom. The molecule has 3 rings (SSSR count). The second kappa shape index (κ2) is 8.81. The van der Waals surface area contributed by atoms with Gasteiger partial charge < -0.3 is 5.32 Å². The SMILES string of the molecule is C[C@@H](NC(=O)c1cncn1-c1ccc(-c2cc(C(F)(F)F)cc(C(F)(F)F)c2)cc1)C(C)(C)C. The summed E-state index contributed by atoms with van der Waals surface area (Å²) in [7, 11) is 0. The van der Waals surface area contributed by atoms with Crippen LogP contribution in [0.1, 0.15) is 49.3 Å². The maximum atomic E-state index is 13.2. The monoisotopic (exact) mass is 483 g/mol. The van der Waals surface area contributed by atoms with E-state index in [1.807, 2.05) is 27.7 Å². The zero-order valence-electron chi connectivity index (χ0n) is 18.8. The van der Waals surface area contributed by atoms with Crippen LogP contribution in [0.2, 0.25) is 0 Å². The van der Waals surface area contributed by atoms with Gasteiger partial charge in [0.25, 0.3) is 5.91 Å². The van der Waals surface area contributed by atoms with Crippen LogP contribution in [0.25, 0.3) is 16.8 Å². The summed E-state index contributed by atoms with van der Waals surface area (Å²) in [4.78, 5) is 16.7. The van der Waals surface area contributed by atoms with Crippen LogP contribution >= 0.6 is 0 Å². The maximum Gasteiger partial charge on any atom is 0.416 e. The lowest BCUT2D eigenvalue weighted by Crippen LogP contribution is -2.41. The van der Waals surface area contributed by atoms with Crippen LogP contribution < -0.4 is 5.32 Å². The number of carbonyl (C=O) groups is 1. The molecule has 34 heavy (non-hydrogen) atoms. The Bertz CT molecular complexity index is 1140. The number of nitrogens with one attached hydrogen (secondary N) is 1. The van der Waals surface area contributed by atoms with Crippen LogP contribution in [0.4, 0.5) is 26.3 Å². The predicted molar refractivity (Wildman–Crippen MR) is 115 cm³/mol. The highest BCUT2D eigenvalue weighted by Gasteiger charge is 2.37. The third-order valence-electron chi connectivity index (χ3n) is 5.58. The van der Waals surface area contributed by atoms with Gasteiger partial charge in [0.1, 0.15) is 5.69 Å². The van der Waals surface area contributed by atoms with Gasteiger partial charge in [-0.3, -0.25) is 9.36 Å². The Morgan fingerprint density at radius 1 is 0.882 bits per heavy atom. The molecule has 10 heteroatoms. The first-order valence-electron chi connectivity index (χ1n) is 10.3. The van der Waals surface area contributed by atoms with Gasteiger partial charge in [0.15, 0.2) is 0 Å². The Labute approximate surface area is 192 Å². The largest absolute Gasteiger partial charge is 0.416 e. The predicted octanol–water partition coefficient (Wildman–Crippen LogP) is 6.74. The first-order valence-corrected chi connectivity index (χ1v) is 10.3. The molecule has 1 N–H and O–H groups in total. The summed E-state index contributed by atoms with van der Waals surface area (Å²) >= 11 is 0. The number of nitrogens with zero attached hydrogens (tertiary/aromatic N) is 2. The van der Waals surface area contributed by atoms with E-state index in [1.54, 1.807) is 0 Å². The van der Waals surface area contributed by atoms with Crippen molar-refractivity contribution in [1.29, 1.82) is 0 Å². The van der Waals surface area contributed by atoms with E-state index in [1.165, 1.54) is 41.4 Å². The molecule has 4 nitrogen and oxygen atoms in total. The number of hydrogen-bond donors (Lipinski definition) is 1. The molecular weight excluding hydrogens is 460 g/mol. The average molecular weight is 483 g/mol. The molecule has 0 radical (unpaired) electrons. The summed E-state index contributed by atoms with van der Waals surface area (Å²) in [6, 6.07) is 7.07. The first-order chi connectivity index (χ1) is 15.6. The van der Waals surface area contributed by atoms with Gasteiger partial charge in [-0.05, 0) is 53.8 Å². The molecule has 1 amide bonds. The number of hydrogen-bond acceptors (Lipinski definition) is 2. The van der Waals surface area contributed by atoms with Crippen molar-refractivity contribution in [3.05, 3.63) is 71.8 Å². The summed E-state index contributed by atoms with van der Waals surface area (Å²) < 4.78 is 80.5. The van der Waals surface area contributed by atoms with Crippen molar-refractivity contribution < 1.29 is 31.1 Å². The number of halogens is 6. The van der Waals surface area contributed by atoms with E-state index in [0.29, 0.717) is 17.8 Å². The Hall–Kier alpha value is -3.30. The molecule has 182 valence electrons. The van der Waals surface area contributed by atoms with Crippen molar-refractivity contribution in [2.45, 2.75) is 46.1 Å². The number of carbonyl (C=O) groups excluding carboxylic acids is 1. The molecule has 0 bridgehead atoms. The molecule has 1 heterocycles. The molecule has 0 saturated heterocycles. The molecular formula is C24H23F6N3O. The van der Waals surface area contributed by atoms with E-state index in [2.05, 4.69) is 10.3 Å². The first kappa shape index (κ1) is 25.3. The average Bonchev–Trinajstić information content (AvgIpc) is 3.21. The molecule has 0 saturated carbocycles. The molecule has 0 unspecified atom stereocenters. The van der Waals surface area contributed by atoms with Crippen molar-refractivity contribution in [1.82, 2.24) is 14.9 Å². The summed E-state index contributed by atoms with van der Waals surface area (Å²) in [5.74, 6) is -0.364. The molecule has 0 aliphatic carbocycles. The minimum absolute atomic E-state index is 0.0901. The van der Waals surface area contributed by atoms with Gasteiger partial charge in [-0.2, -0.15) is 26.3 Å². The summed E-state index contributed by atoms with van der Waals surface area (Å²) in [6.45, 7) is 7.81. The van der Waals surface area contributed by atoms with Gasteiger partial charge in [0, 0.05) is 11.7 Å². The fourth-order valence-corrected chi connectivity index (χ4v) is 3.09. The van der Waals surface area contributed by atoms with Gasteiger partial charge in [-0.1, -0.05) is 32.9 Å². The number of aromatic nitrogens is 2. The molecule has 3 aromatic rings. The van der Waals surface area contributed by atoms with E-state index < -0.39 is 23.5 Å². The number of benzene rings is 2. The lowest BCUT2D eigenvalue weighted by molar-refractivity contribution is -0.143. The molecule has 0 fully saturated rings. The number of amides is 1. The van der Waals surface area contributed by atoms with Crippen LogP contribution in [0.5, 0.6) is 0 Å². The van der Waals surface area contributed by atoms with Crippen molar-refractivity contribution in [3.8, 4) is 16.8 Å². The molecule has 0 aliphatic heterocycles. The molecule has 1 aromatic heterocycles. The molecule has 1 atom stereocenters. The van der Waals surface area contributed by atoms with Crippen LogP contribution in [0, 0.1) is 5.41 Å². The van der Waals surface area contributed by atoms with Gasteiger partial charge in [-0.15, -0.1) is 0 Å². The highest BCUT2D eigenvalue weighted by molar-refractivity contribution is 5.93. The third-order valence-corrected chi connectivity index (χ3v) is 5.58. The quantitative estimate of drug-likeness (QED) is 0.418. The maximum absolute atomic E-state index is 13.2. The Balaban J connectivity index is 1.95. The van der Waals surface area contributed by atoms with Gasteiger partial charge in [0.2, 0.25) is 0 Å². The normalized spacial score (nSPS) is 13.6. The number of imidazole rings is 1. The Morgan fingerprint density at radius 2 is 1.41 bits per heavy atom. The number of rotatable bonds is 4. The van der Waals surface area contributed by atoms with Gasteiger partial charge >= 0.3 is 12.4 Å². The van der Waals surface area contributed by atoms with E-state index in [0.717, 1.165) is 0 Å². The summed E-state index contributed by atoms with van der Waals surface area (Å²) in [5, 5.41) is 2.90. The van der Waals surface area contributed by atoms with E-state index in [-0.39, 0.29) is 40.3 Å². The lowest BCUT2D eigenvalue weighted by Gasteiger charge is -2.28. The fourth-order valence-electron chi connectivity index (χ4n) is 3.09. The zero-order valence-corrected chi connectivity index (χ0v) is 18.8. The highest BCUT2D eigenvalue weighted by Crippen LogP contribution is 2.38. The number of alkyl halides is 6. The van der Waals surface area contributed by atoms with Crippen molar-refractivity contribution in [2.75, 3.05) is 0 Å². The smallest absolute Gasteiger partial charge is 0.348 e. The van der Waals surface area contributed by atoms with E-state index in [9.17, 15) is 31.1 Å².